The van der Waals surface area contributed by atoms with Crippen molar-refractivity contribution in [2.75, 3.05) is 25.4 Å². The van der Waals surface area contributed by atoms with Crippen LogP contribution in [0.3, 0.4) is 0 Å². The van der Waals surface area contributed by atoms with Crippen molar-refractivity contribution in [3.05, 3.63) is 0 Å². The molecular weight excluding hydrogens is 277 g/mol. The molecule has 0 saturated carbocycles. The van der Waals surface area contributed by atoms with E-state index in [0.29, 0.717) is 36.8 Å². The zero-order valence-corrected chi connectivity index (χ0v) is 11.9. The molecule has 0 heterocycles. The summed E-state index contributed by atoms with van der Waals surface area (Å²) in [4.78, 5) is 28.5. The first kappa shape index (κ1) is 25.1. The molecule has 0 aliphatic carbocycles. The first-order valence-electron chi connectivity index (χ1n) is 5.55. The predicted molar refractivity (Wildman–Crippen MR) is 84.1 cm³/mol. The van der Waals surface area contributed by atoms with Gasteiger partial charge in [0.1, 0.15) is 0 Å². The van der Waals surface area contributed by atoms with Gasteiger partial charge in [-0.15, -0.1) is 0 Å². The van der Waals surface area contributed by atoms with Gasteiger partial charge in [0.2, 0.25) is 5.91 Å². The molecule has 0 radical (unpaired) electrons. The van der Waals surface area contributed by atoms with E-state index < -0.39 is 6.80 Å². The van der Waals surface area contributed by atoms with Crippen LogP contribution in [0.15, 0.2) is 0 Å². The Morgan fingerprint density at radius 2 is 1.84 bits per heavy atom. The zero-order valence-electron chi connectivity index (χ0n) is 10.2. The Balaban J connectivity index is -0.00000128. The molecule has 10 heteroatoms. The molecule has 19 heavy (non-hydrogen) atoms. The van der Waals surface area contributed by atoms with Crippen LogP contribution in [0.1, 0.15) is 20.3 Å². The van der Waals surface area contributed by atoms with Crippen molar-refractivity contribution in [2.45, 2.75) is 20.3 Å². The van der Waals surface area contributed by atoms with E-state index in [1.165, 1.54) is 0 Å². The third kappa shape index (κ3) is 17.1. The van der Waals surface area contributed by atoms with Gasteiger partial charge in [-0.2, -0.15) is 0 Å². The van der Waals surface area contributed by atoms with Crippen LogP contribution in [-0.4, -0.2) is 78.8 Å². The number of amides is 1. The van der Waals surface area contributed by atoms with Gasteiger partial charge in [-0.3, -0.25) is 4.79 Å². The topological polar surface area (TPSA) is 98.7 Å². The number of rotatable bonds is 9. The molecule has 0 aliphatic heterocycles. The Morgan fingerprint density at radius 1 is 1.26 bits per heavy atom. The number of carbonyl (C=O) groups excluding carboxylic acids is 1. The van der Waals surface area contributed by atoms with Crippen LogP contribution in [0.25, 0.3) is 0 Å². The van der Waals surface area contributed by atoms with Crippen LogP contribution in [0.2, 0.25) is 0 Å². The summed E-state index contributed by atoms with van der Waals surface area (Å²) in [5, 5.41) is 5.77. The maximum atomic E-state index is 11.3. The first-order valence-corrected chi connectivity index (χ1v) is 8.75. The standard InChI is InChI=1S/C9H21N2O4PS.2Li.2H/c1-3-8(2)9(12)11-5-4-10-6-7-17-16(13,14)15;;;;/h8,10H,3-7H2,1-2H3,(H,11,12)(H2,13,14,15);;;;. The molecule has 1 amide bonds. The number of hydrogen-bond donors (Lipinski definition) is 4. The van der Waals surface area contributed by atoms with E-state index >= 15 is 0 Å². The number of hydrogen-bond acceptors (Lipinski definition) is 4. The average molecular weight is 300 g/mol. The summed E-state index contributed by atoms with van der Waals surface area (Å²) in [6.45, 7) is 1.53. The Bertz CT molecular complexity index is 281. The Kier molecular flexibility index (Phi) is 18.6. The van der Waals surface area contributed by atoms with Crippen molar-refractivity contribution in [2.24, 2.45) is 5.92 Å². The second kappa shape index (κ2) is 14.1. The van der Waals surface area contributed by atoms with Crippen molar-refractivity contribution in [1.82, 2.24) is 10.6 Å². The SMILES string of the molecule is CCC(C)C(=O)NCCNCCSP(=O)(O)O.[LiH].[LiH]. The van der Waals surface area contributed by atoms with Gasteiger partial charge in [-0.1, -0.05) is 13.8 Å². The second-order valence-corrected chi connectivity index (χ2v) is 7.52. The van der Waals surface area contributed by atoms with Gasteiger partial charge < -0.3 is 20.4 Å². The maximum absolute atomic E-state index is 11.3. The summed E-state index contributed by atoms with van der Waals surface area (Å²) < 4.78 is 10.5. The van der Waals surface area contributed by atoms with Crippen molar-refractivity contribution < 1.29 is 19.1 Å². The minimum atomic E-state index is -3.95. The van der Waals surface area contributed by atoms with Gasteiger partial charge in [0, 0.05) is 31.3 Å². The van der Waals surface area contributed by atoms with Crippen LogP contribution in [0.5, 0.6) is 0 Å². The van der Waals surface area contributed by atoms with Crippen LogP contribution < -0.4 is 10.6 Å². The van der Waals surface area contributed by atoms with Gasteiger partial charge in [-0.05, 0) is 17.8 Å². The predicted octanol–water partition coefficient (Wildman–Crippen LogP) is -0.733. The molecule has 0 aliphatic rings. The molecule has 0 rings (SSSR count). The van der Waals surface area contributed by atoms with E-state index in [9.17, 15) is 9.36 Å². The summed E-state index contributed by atoms with van der Waals surface area (Å²) in [6, 6.07) is 0. The van der Waals surface area contributed by atoms with Crippen LogP contribution in [0, 0.1) is 5.92 Å². The molecule has 1 unspecified atom stereocenters. The molecular formula is C9H23Li2N2O4PS. The van der Waals surface area contributed by atoms with Gasteiger partial charge in [0.05, 0.1) is 0 Å². The average Bonchev–Trinajstić information content (AvgIpc) is 2.24. The second-order valence-electron chi connectivity index (χ2n) is 3.67. The fraction of sp³-hybridized carbons (Fsp3) is 0.889. The van der Waals surface area contributed by atoms with Gasteiger partial charge >= 0.3 is 44.5 Å². The molecule has 0 aromatic heterocycles. The Hall–Kier alpha value is 1.12. The molecule has 0 saturated heterocycles. The summed E-state index contributed by atoms with van der Waals surface area (Å²) in [7, 11) is 0. The Morgan fingerprint density at radius 3 is 2.32 bits per heavy atom. The molecule has 0 aromatic rings. The van der Waals surface area contributed by atoms with Crippen molar-refractivity contribution in [3.63, 3.8) is 0 Å². The third-order valence-corrected chi connectivity index (χ3v) is 4.48. The number of nitrogens with one attached hydrogen (secondary N) is 2. The van der Waals surface area contributed by atoms with Gasteiger partial charge in [0.25, 0.3) is 0 Å². The third-order valence-electron chi connectivity index (χ3n) is 2.20. The van der Waals surface area contributed by atoms with Crippen LogP contribution >= 0.6 is 18.2 Å². The van der Waals surface area contributed by atoms with Gasteiger partial charge in [0.15, 0.2) is 0 Å². The number of carbonyl (C=O) groups is 1. The van der Waals surface area contributed by atoms with Crippen molar-refractivity contribution in [1.29, 1.82) is 0 Å². The molecule has 0 bridgehead atoms. The monoisotopic (exact) mass is 300 g/mol. The van der Waals surface area contributed by atoms with Crippen LogP contribution in [-0.2, 0) is 9.36 Å². The molecule has 1 atom stereocenters. The molecule has 4 N–H and O–H groups in total. The summed E-state index contributed by atoms with van der Waals surface area (Å²) >= 11 is 0.623. The minimum absolute atomic E-state index is 0. The normalized spacial score (nSPS) is 12.0. The molecule has 0 spiro atoms. The Labute approximate surface area is 142 Å². The van der Waals surface area contributed by atoms with Crippen molar-refractivity contribution in [3.8, 4) is 0 Å². The fourth-order valence-electron chi connectivity index (χ4n) is 0.995. The van der Waals surface area contributed by atoms with E-state index in [0.717, 1.165) is 6.42 Å². The van der Waals surface area contributed by atoms with Crippen LogP contribution in [0.4, 0.5) is 0 Å². The zero-order chi connectivity index (χ0) is 13.3. The van der Waals surface area contributed by atoms with E-state index in [-0.39, 0.29) is 49.5 Å². The van der Waals surface area contributed by atoms with E-state index in [4.69, 9.17) is 9.79 Å². The first-order chi connectivity index (χ1) is 7.87. The van der Waals surface area contributed by atoms with E-state index in [1.54, 1.807) is 0 Å². The molecule has 0 fully saturated rings. The molecule has 0 aromatic carbocycles. The molecule has 6 nitrogen and oxygen atoms in total. The summed E-state index contributed by atoms with van der Waals surface area (Å²) in [5.41, 5.74) is 0. The van der Waals surface area contributed by atoms with Crippen molar-refractivity contribution >= 4 is 61.8 Å². The quantitative estimate of drug-likeness (QED) is 0.254. The summed E-state index contributed by atoms with van der Waals surface area (Å²) in [5.74, 6) is 0.419. The van der Waals surface area contributed by atoms with E-state index in [2.05, 4.69) is 10.6 Å². The van der Waals surface area contributed by atoms with Gasteiger partial charge in [-0.25, -0.2) is 4.57 Å². The van der Waals surface area contributed by atoms with E-state index in [1.807, 2.05) is 13.8 Å². The summed E-state index contributed by atoms with van der Waals surface area (Å²) in [6.07, 6.45) is 0.818. The molecule has 106 valence electrons. The fourth-order valence-corrected chi connectivity index (χ4v) is 2.46.